The normalized spacial score (nSPS) is 15.2. The van der Waals surface area contributed by atoms with Gasteiger partial charge in [-0.2, -0.15) is 10.2 Å². The highest BCUT2D eigenvalue weighted by Crippen LogP contribution is 2.18. The van der Waals surface area contributed by atoms with E-state index in [9.17, 15) is 9.59 Å². The molecule has 10 heteroatoms. The Morgan fingerprint density at radius 3 is 2.59 bits per heavy atom. The molecule has 0 aromatic carbocycles. The highest BCUT2D eigenvalue weighted by atomic mass is 35.5. The van der Waals surface area contributed by atoms with E-state index in [2.05, 4.69) is 26.1 Å². The lowest BCUT2D eigenvalue weighted by Gasteiger charge is -2.13. The Hall–Kier alpha value is -2.39. The smallest absolute Gasteiger partial charge is 0.246 e. The first-order valence-corrected chi connectivity index (χ1v) is 8.83. The fraction of sp³-hybridized carbons (Fsp3) is 0.529. The van der Waals surface area contributed by atoms with Gasteiger partial charge in [-0.05, 0) is 19.9 Å². The van der Waals surface area contributed by atoms with Gasteiger partial charge < -0.3 is 16.0 Å². The van der Waals surface area contributed by atoms with Gasteiger partial charge in [0.2, 0.25) is 11.8 Å². The molecular formula is C17H26ClN7O2. The minimum absolute atomic E-state index is 0. The molecule has 1 atom stereocenters. The van der Waals surface area contributed by atoms with Crippen LogP contribution in [0.4, 0.5) is 5.69 Å². The van der Waals surface area contributed by atoms with E-state index in [1.807, 2.05) is 0 Å². The predicted molar refractivity (Wildman–Crippen MR) is 104 cm³/mol. The second-order valence-corrected chi connectivity index (χ2v) is 6.63. The van der Waals surface area contributed by atoms with Gasteiger partial charge in [0.1, 0.15) is 12.6 Å². The zero-order chi connectivity index (χ0) is 18.5. The molecule has 0 bridgehead atoms. The van der Waals surface area contributed by atoms with Gasteiger partial charge in [0.15, 0.2) is 0 Å². The van der Waals surface area contributed by atoms with Crippen LogP contribution in [0.25, 0.3) is 0 Å². The van der Waals surface area contributed by atoms with Crippen LogP contribution in [-0.4, -0.2) is 44.5 Å². The highest BCUT2D eigenvalue weighted by Gasteiger charge is 2.21. The van der Waals surface area contributed by atoms with E-state index in [-0.39, 0.29) is 36.8 Å². The molecule has 0 saturated heterocycles. The lowest BCUT2D eigenvalue weighted by Crippen LogP contribution is -2.35. The molecule has 1 aliphatic carbocycles. The molecule has 148 valence electrons. The van der Waals surface area contributed by atoms with Crippen molar-refractivity contribution in [3.05, 3.63) is 30.4 Å². The number of aryl methyl sites for hydroxylation is 1. The van der Waals surface area contributed by atoms with Crippen molar-refractivity contribution in [2.75, 3.05) is 12.4 Å². The first-order valence-electron chi connectivity index (χ1n) is 8.83. The summed E-state index contributed by atoms with van der Waals surface area (Å²) in [4.78, 5) is 24.6. The summed E-state index contributed by atoms with van der Waals surface area (Å²) in [6, 6.07) is -0.231. The zero-order valence-electron chi connectivity index (χ0n) is 15.5. The molecular weight excluding hydrogens is 370 g/mol. The summed E-state index contributed by atoms with van der Waals surface area (Å²) in [5.41, 5.74) is 1.32. The summed E-state index contributed by atoms with van der Waals surface area (Å²) in [5, 5.41) is 17.0. The van der Waals surface area contributed by atoms with E-state index in [1.165, 1.54) is 23.7 Å². The number of hydrogen-bond acceptors (Lipinski definition) is 5. The van der Waals surface area contributed by atoms with Crippen molar-refractivity contribution >= 4 is 29.9 Å². The van der Waals surface area contributed by atoms with Gasteiger partial charge in [-0.3, -0.25) is 19.0 Å². The van der Waals surface area contributed by atoms with E-state index in [0.717, 1.165) is 18.4 Å². The number of aromatic nitrogens is 4. The molecule has 2 heterocycles. The van der Waals surface area contributed by atoms with Crippen LogP contribution >= 0.6 is 12.4 Å². The summed E-state index contributed by atoms with van der Waals surface area (Å²) in [7, 11) is 3.52. The summed E-state index contributed by atoms with van der Waals surface area (Å²) in [5.74, 6) is -0.267. The maximum atomic E-state index is 12.5. The van der Waals surface area contributed by atoms with Gasteiger partial charge in [-0.15, -0.1) is 12.4 Å². The summed E-state index contributed by atoms with van der Waals surface area (Å²) in [6.07, 6.45) is 11.1. The van der Waals surface area contributed by atoms with Crippen molar-refractivity contribution in [2.24, 2.45) is 7.05 Å². The molecule has 1 unspecified atom stereocenters. The van der Waals surface area contributed by atoms with E-state index in [4.69, 9.17) is 0 Å². The first kappa shape index (κ1) is 20.9. The summed E-state index contributed by atoms with van der Waals surface area (Å²) in [6.45, 7) is 0.143. The second-order valence-electron chi connectivity index (χ2n) is 6.63. The summed E-state index contributed by atoms with van der Waals surface area (Å²) < 4.78 is 3.17. The number of carbonyl (C=O) groups is 2. The van der Waals surface area contributed by atoms with Gasteiger partial charge in [0, 0.05) is 31.0 Å². The average Bonchev–Trinajstić information content (AvgIpc) is 3.32. The topological polar surface area (TPSA) is 106 Å². The quantitative estimate of drug-likeness (QED) is 0.648. The molecule has 27 heavy (non-hydrogen) atoms. The van der Waals surface area contributed by atoms with Crippen LogP contribution in [-0.2, 0) is 23.2 Å². The van der Waals surface area contributed by atoms with Crippen molar-refractivity contribution in [3.8, 4) is 0 Å². The van der Waals surface area contributed by atoms with E-state index >= 15 is 0 Å². The number of nitrogens with zero attached hydrogens (tertiary/aromatic N) is 4. The third-order valence-corrected chi connectivity index (χ3v) is 4.54. The molecule has 1 saturated carbocycles. The van der Waals surface area contributed by atoms with Gasteiger partial charge in [-0.1, -0.05) is 12.8 Å². The minimum atomic E-state index is -0.516. The monoisotopic (exact) mass is 395 g/mol. The van der Waals surface area contributed by atoms with Crippen LogP contribution in [0.15, 0.2) is 24.8 Å². The SMILES string of the molecule is CNC(C(=O)Nc1cnn(CC(=O)NC2CCCC2)c1)c1cnn(C)c1.Cl. The summed E-state index contributed by atoms with van der Waals surface area (Å²) >= 11 is 0. The van der Waals surface area contributed by atoms with E-state index in [0.29, 0.717) is 5.69 Å². The number of amides is 2. The van der Waals surface area contributed by atoms with Gasteiger partial charge in [0.25, 0.3) is 0 Å². The first-order chi connectivity index (χ1) is 12.5. The molecule has 2 aromatic heterocycles. The molecule has 3 rings (SSSR count). The van der Waals surface area contributed by atoms with Gasteiger partial charge in [-0.25, -0.2) is 0 Å². The van der Waals surface area contributed by atoms with Crippen LogP contribution in [0.1, 0.15) is 37.3 Å². The number of nitrogens with one attached hydrogen (secondary N) is 3. The Balaban J connectivity index is 0.00000261. The van der Waals surface area contributed by atoms with E-state index in [1.54, 1.807) is 37.4 Å². The van der Waals surface area contributed by atoms with Crippen LogP contribution in [0.2, 0.25) is 0 Å². The molecule has 2 amide bonds. The number of halogens is 1. The zero-order valence-corrected chi connectivity index (χ0v) is 16.3. The van der Waals surface area contributed by atoms with Crippen LogP contribution in [0.5, 0.6) is 0 Å². The maximum Gasteiger partial charge on any atom is 0.246 e. The van der Waals surface area contributed by atoms with Crippen molar-refractivity contribution in [1.29, 1.82) is 0 Å². The predicted octanol–water partition coefficient (Wildman–Crippen LogP) is 0.996. The number of rotatable bonds is 7. The maximum absolute atomic E-state index is 12.5. The Morgan fingerprint density at radius 2 is 1.96 bits per heavy atom. The molecule has 2 aromatic rings. The molecule has 0 spiro atoms. The number of carbonyl (C=O) groups excluding carboxylic acids is 2. The lowest BCUT2D eigenvalue weighted by atomic mass is 10.1. The molecule has 0 radical (unpaired) electrons. The highest BCUT2D eigenvalue weighted by molar-refractivity contribution is 5.95. The Labute approximate surface area is 164 Å². The van der Waals surface area contributed by atoms with Crippen LogP contribution in [0, 0.1) is 0 Å². The standard InChI is InChI=1S/C17H25N7O2.ClH/c1-18-16(12-7-19-23(2)9-12)17(26)22-14-8-20-24(10-14)11-15(25)21-13-5-3-4-6-13;/h7-10,13,16,18H,3-6,11H2,1-2H3,(H,21,25)(H,22,26);1H. The molecule has 0 aliphatic heterocycles. The van der Waals surface area contributed by atoms with Crippen LogP contribution < -0.4 is 16.0 Å². The molecule has 9 nitrogen and oxygen atoms in total. The fourth-order valence-electron chi connectivity index (χ4n) is 3.26. The average molecular weight is 396 g/mol. The van der Waals surface area contributed by atoms with Crippen molar-refractivity contribution in [2.45, 2.75) is 44.3 Å². The third kappa shape index (κ3) is 5.54. The number of likely N-dealkylation sites (N-methyl/N-ethyl adjacent to an activating group) is 1. The molecule has 1 aliphatic rings. The second kappa shape index (κ2) is 9.52. The largest absolute Gasteiger partial charge is 0.352 e. The van der Waals surface area contributed by atoms with Crippen molar-refractivity contribution in [1.82, 2.24) is 30.2 Å². The Morgan fingerprint density at radius 1 is 1.22 bits per heavy atom. The van der Waals surface area contributed by atoms with Gasteiger partial charge in [0.05, 0.1) is 18.1 Å². The number of anilines is 1. The van der Waals surface area contributed by atoms with Crippen molar-refractivity contribution < 1.29 is 9.59 Å². The Bertz CT molecular complexity index is 767. The third-order valence-electron chi connectivity index (χ3n) is 4.54. The lowest BCUT2D eigenvalue weighted by molar-refractivity contribution is -0.122. The number of hydrogen-bond donors (Lipinski definition) is 3. The van der Waals surface area contributed by atoms with E-state index < -0.39 is 6.04 Å². The fourth-order valence-corrected chi connectivity index (χ4v) is 3.26. The van der Waals surface area contributed by atoms with Gasteiger partial charge >= 0.3 is 0 Å². The Kier molecular flexibility index (Phi) is 7.37. The molecule has 1 fully saturated rings. The molecule has 3 N–H and O–H groups in total. The van der Waals surface area contributed by atoms with Crippen LogP contribution in [0.3, 0.4) is 0 Å². The minimum Gasteiger partial charge on any atom is -0.352 e. The van der Waals surface area contributed by atoms with Crippen molar-refractivity contribution in [3.63, 3.8) is 0 Å².